The highest BCUT2D eigenvalue weighted by Gasteiger charge is 2.35. The van der Waals surface area contributed by atoms with E-state index < -0.39 is 23.9 Å². The van der Waals surface area contributed by atoms with E-state index in [1.807, 2.05) is 0 Å². The topological polar surface area (TPSA) is 94.2 Å². The summed E-state index contributed by atoms with van der Waals surface area (Å²) in [5.74, 6) is -1.36. The number of esters is 1. The van der Waals surface area contributed by atoms with Gasteiger partial charge in [-0.3, -0.25) is 15.0 Å². The highest BCUT2D eigenvalue weighted by molar-refractivity contribution is 6.32. The van der Waals surface area contributed by atoms with Gasteiger partial charge in [-0.1, -0.05) is 29.8 Å². The van der Waals surface area contributed by atoms with Gasteiger partial charge < -0.3 is 14.2 Å². The molecule has 9 heteroatoms. The van der Waals surface area contributed by atoms with E-state index in [1.165, 1.54) is 39.4 Å². The van der Waals surface area contributed by atoms with E-state index in [4.69, 9.17) is 21.1 Å². The fourth-order valence-electron chi connectivity index (χ4n) is 2.84. The molecule has 3 rings (SSSR count). The van der Waals surface area contributed by atoms with Gasteiger partial charge in [0.15, 0.2) is 17.6 Å². The van der Waals surface area contributed by atoms with Crippen LogP contribution in [0.4, 0.5) is 5.69 Å². The number of carbonyl (C=O) groups excluding carboxylic acids is 3. The van der Waals surface area contributed by atoms with Crippen molar-refractivity contribution in [3.8, 4) is 11.5 Å². The van der Waals surface area contributed by atoms with Crippen LogP contribution >= 0.6 is 11.6 Å². The third-order valence-corrected chi connectivity index (χ3v) is 4.52. The molecule has 1 N–H and O–H groups in total. The number of amides is 2. The number of hydrazine groups is 1. The number of carbonyl (C=O) groups is 3. The number of rotatable bonds is 6. The second-order valence-corrected chi connectivity index (χ2v) is 6.72. The second-order valence-electron chi connectivity index (χ2n) is 6.28. The summed E-state index contributed by atoms with van der Waals surface area (Å²) in [5, 5.41) is 1.44. The van der Waals surface area contributed by atoms with Crippen LogP contribution in [0.1, 0.15) is 12.5 Å². The molecule has 1 fully saturated rings. The molecule has 1 aliphatic rings. The van der Waals surface area contributed by atoms with E-state index in [-0.39, 0.29) is 17.1 Å². The number of para-hydroxylation sites is 1. The van der Waals surface area contributed by atoms with Crippen LogP contribution in [-0.4, -0.2) is 38.1 Å². The number of hydrogen-bond acceptors (Lipinski definition) is 6. The molecule has 1 atom stereocenters. The van der Waals surface area contributed by atoms with Gasteiger partial charge in [-0.25, -0.2) is 9.80 Å². The zero-order valence-corrected chi connectivity index (χ0v) is 17.2. The summed E-state index contributed by atoms with van der Waals surface area (Å²) in [6, 6.07) is 11.7. The van der Waals surface area contributed by atoms with Crippen LogP contribution in [-0.2, 0) is 19.1 Å². The second kappa shape index (κ2) is 8.87. The lowest BCUT2D eigenvalue weighted by atomic mass is 10.1. The van der Waals surface area contributed by atoms with Crippen LogP contribution in [0.2, 0.25) is 5.02 Å². The molecule has 1 saturated heterocycles. The van der Waals surface area contributed by atoms with Gasteiger partial charge in [0, 0.05) is 16.7 Å². The first kappa shape index (κ1) is 21.2. The third-order valence-electron chi connectivity index (χ3n) is 4.30. The van der Waals surface area contributed by atoms with E-state index in [1.54, 1.807) is 30.3 Å². The minimum absolute atomic E-state index is 0.126. The lowest BCUT2D eigenvalue weighted by molar-refractivity contribution is -0.148. The molecule has 0 bridgehead atoms. The Morgan fingerprint density at radius 2 is 1.87 bits per heavy atom. The molecule has 1 heterocycles. The fourth-order valence-corrected chi connectivity index (χ4v) is 3.05. The zero-order chi connectivity index (χ0) is 21.8. The monoisotopic (exact) mass is 430 g/mol. The van der Waals surface area contributed by atoms with E-state index >= 15 is 0 Å². The van der Waals surface area contributed by atoms with Gasteiger partial charge in [0.2, 0.25) is 0 Å². The Morgan fingerprint density at radius 3 is 2.50 bits per heavy atom. The van der Waals surface area contributed by atoms with Crippen molar-refractivity contribution in [2.24, 2.45) is 0 Å². The molecule has 0 radical (unpaired) electrons. The number of halogens is 1. The maximum atomic E-state index is 12.8. The van der Waals surface area contributed by atoms with Gasteiger partial charge in [0.25, 0.3) is 11.8 Å². The minimum Gasteiger partial charge on any atom is -0.493 e. The van der Waals surface area contributed by atoms with Crippen molar-refractivity contribution in [2.75, 3.05) is 19.2 Å². The largest absolute Gasteiger partial charge is 0.493 e. The van der Waals surface area contributed by atoms with Crippen molar-refractivity contribution in [1.82, 2.24) is 5.43 Å². The maximum Gasteiger partial charge on any atom is 0.346 e. The molecular formula is C21H19ClN2O6. The van der Waals surface area contributed by atoms with E-state index in [2.05, 4.69) is 10.2 Å². The van der Waals surface area contributed by atoms with Crippen LogP contribution in [0.5, 0.6) is 11.5 Å². The van der Waals surface area contributed by atoms with Crippen molar-refractivity contribution in [2.45, 2.75) is 13.0 Å². The number of ether oxygens (including phenoxy) is 3. The van der Waals surface area contributed by atoms with E-state index in [0.29, 0.717) is 16.3 Å². The summed E-state index contributed by atoms with van der Waals surface area (Å²) in [6.45, 7) is 1.50. The predicted octanol–water partition coefficient (Wildman–Crippen LogP) is 2.75. The molecule has 2 aromatic rings. The summed E-state index contributed by atoms with van der Waals surface area (Å²) >= 11 is 6.16. The average molecular weight is 431 g/mol. The molecular weight excluding hydrogens is 412 g/mol. The number of methoxy groups -OCH3 is 2. The summed E-state index contributed by atoms with van der Waals surface area (Å²) in [6.07, 6.45) is 0.380. The molecule has 8 nitrogen and oxygen atoms in total. The Labute approximate surface area is 177 Å². The standard InChI is InChI=1S/C21H19ClN2O6/c1-12(21(27)29-3)30-18-13(9-14(22)11-17(18)28-2)10-16-19(25)23-24(20(16)26)15-7-5-4-6-8-15/h4-12H,1-3H3,(H,23,25)/b16-10-/t12-/m1/s1. The predicted molar refractivity (Wildman–Crippen MR) is 110 cm³/mol. The van der Waals surface area contributed by atoms with Crippen molar-refractivity contribution in [1.29, 1.82) is 0 Å². The molecule has 0 unspecified atom stereocenters. The average Bonchev–Trinajstić information content (AvgIpc) is 3.03. The molecule has 2 aromatic carbocycles. The number of nitrogens with zero attached hydrogens (tertiary/aromatic N) is 1. The lowest BCUT2D eigenvalue weighted by Crippen LogP contribution is -2.35. The first-order valence-corrected chi connectivity index (χ1v) is 9.27. The summed E-state index contributed by atoms with van der Waals surface area (Å²) in [5.41, 5.74) is 3.20. The lowest BCUT2D eigenvalue weighted by Gasteiger charge is -2.18. The van der Waals surface area contributed by atoms with Gasteiger partial charge in [0.1, 0.15) is 5.57 Å². The molecule has 30 heavy (non-hydrogen) atoms. The van der Waals surface area contributed by atoms with Gasteiger partial charge in [-0.05, 0) is 31.2 Å². The Kier molecular flexibility index (Phi) is 6.27. The number of nitrogens with one attached hydrogen (secondary N) is 1. The van der Waals surface area contributed by atoms with Crippen molar-refractivity contribution in [3.05, 3.63) is 58.6 Å². The van der Waals surface area contributed by atoms with Gasteiger partial charge >= 0.3 is 5.97 Å². The number of benzene rings is 2. The quantitative estimate of drug-likeness (QED) is 0.430. The molecule has 2 amide bonds. The van der Waals surface area contributed by atoms with Crippen LogP contribution in [0, 0.1) is 0 Å². The maximum absolute atomic E-state index is 12.8. The molecule has 0 aromatic heterocycles. The molecule has 0 spiro atoms. The summed E-state index contributed by atoms with van der Waals surface area (Å²) in [4.78, 5) is 37.1. The minimum atomic E-state index is -0.962. The first-order chi connectivity index (χ1) is 14.3. The van der Waals surface area contributed by atoms with Crippen LogP contribution < -0.4 is 19.9 Å². The Hall–Kier alpha value is -3.52. The molecule has 0 saturated carbocycles. The van der Waals surface area contributed by atoms with Gasteiger partial charge in [0.05, 0.1) is 19.9 Å². The van der Waals surface area contributed by atoms with Gasteiger partial charge in [-0.2, -0.15) is 0 Å². The van der Waals surface area contributed by atoms with Crippen molar-refractivity contribution in [3.63, 3.8) is 0 Å². The van der Waals surface area contributed by atoms with E-state index in [0.717, 1.165) is 5.01 Å². The molecule has 156 valence electrons. The number of hydrogen-bond donors (Lipinski definition) is 1. The van der Waals surface area contributed by atoms with Crippen LogP contribution in [0.3, 0.4) is 0 Å². The molecule has 1 aliphatic heterocycles. The third kappa shape index (κ3) is 4.23. The SMILES string of the molecule is COC(=O)[C@@H](C)Oc1c(/C=C2/C(=O)NN(c3ccccc3)C2=O)cc(Cl)cc1OC. The van der Waals surface area contributed by atoms with Crippen molar-refractivity contribution >= 4 is 41.1 Å². The normalized spacial score (nSPS) is 15.7. The smallest absolute Gasteiger partial charge is 0.346 e. The van der Waals surface area contributed by atoms with E-state index in [9.17, 15) is 14.4 Å². The fraction of sp³-hybridized carbons (Fsp3) is 0.190. The Morgan fingerprint density at radius 1 is 1.17 bits per heavy atom. The molecule has 0 aliphatic carbocycles. The first-order valence-electron chi connectivity index (χ1n) is 8.90. The summed E-state index contributed by atoms with van der Waals surface area (Å²) < 4.78 is 15.7. The Bertz CT molecular complexity index is 1020. The van der Waals surface area contributed by atoms with Crippen LogP contribution in [0.25, 0.3) is 6.08 Å². The highest BCUT2D eigenvalue weighted by Crippen LogP contribution is 2.37. The number of anilines is 1. The van der Waals surface area contributed by atoms with Crippen LogP contribution in [0.15, 0.2) is 48.0 Å². The van der Waals surface area contributed by atoms with Gasteiger partial charge in [-0.15, -0.1) is 0 Å². The Balaban J connectivity index is 2.03. The van der Waals surface area contributed by atoms with Crippen molar-refractivity contribution < 1.29 is 28.6 Å². The highest BCUT2D eigenvalue weighted by atomic mass is 35.5. The zero-order valence-electron chi connectivity index (χ0n) is 16.5. The summed E-state index contributed by atoms with van der Waals surface area (Å²) in [7, 11) is 2.65.